The van der Waals surface area contributed by atoms with Gasteiger partial charge in [-0.15, -0.1) is 0 Å². The summed E-state index contributed by atoms with van der Waals surface area (Å²) in [5, 5.41) is 7.47. The number of rotatable bonds is 7. The van der Waals surface area contributed by atoms with Crippen molar-refractivity contribution >= 4 is 23.5 Å². The van der Waals surface area contributed by atoms with Crippen LogP contribution >= 0.6 is 11.6 Å². The monoisotopic (exact) mass is 424 g/mol. The summed E-state index contributed by atoms with van der Waals surface area (Å²) in [5.41, 5.74) is 0.424. The second-order valence-electron chi connectivity index (χ2n) is 7.21. The molecule has 0 radical (unpaired) electrons. The number of benzene rings is 2. The van der Waals surface area contributed by atoms with Crippen molar-refractivity contribution in [3.05, 3.63) is 71.1 Å². The highest BCUT2D eigenvalue weighted by molar-refractivity contribution is 6.30. The topological polar surface area (TPSA) is 88.3 Å². The fourth-order valence-corrected chi connectivity index (χ4v) is 3.74. The van der Waals surface area contributed by atoms with E-state index in [0.717, 1.165) is 28.9 Å². The van der Waals surface area contributed by atoms with Crippen LogP contribution in [0.2, 0.25) is 5.02 Å². The molecule has 1 N–H and O–H groups in total. The van der Waals surface area contributed by atoms with E-state index in [1.807, 2.05) is 30.3 Å². The molecule has 1 aromatic heterocycles. The molecule has 3 aromatic rings. The lowest BCUT2D eigenvalue weighted by Gasteiger charge is -2.27. The molecular weight excluding hydrogens is 404 g/mol. The van der Waals surface area contributed by atoms with Gasteiger partial charge < -0.3 is 9.84 Å². The van der Waals surface area contributed by atoms with Gasteiger partial charge in [-0.2, -0.15) is 4.98 Å². The van der Waals surface area contributed by atoms with Crippen LogP contribution in [0.5, 0.6) is 0 Å². The molecule has 8 heteroatoms. The first-order valence-electron chi connectivity index (χ1n) is 9.81. The first-order valence-corrected chi connectivity index (χ1v) is 10.2. The van der Waals surface area contributed by atoms with Gasteiger partial charge in [-0.05, 0) is 36.2 Å². The first kappa shape index (κ1) is 20.1. The Labute approximate surface area is 179 Å². The Kier molecular flexibility index (Phi) is 5.55. The van der Waals surface area contributed by atoms with Gasteiger partial charge >= 0.3 is 6.03 Å². The Bertz CT molecular complexity index is 1050. The van der Waals surface area contributed by atoms with Gasteiger partial charge in [0, 0.05) is 10.6 Å². The minimum absolute atomic E-state index is 0.0913. The number of hydrogen-bond donors (Lipinski definition) is 1. The second-order valence-corrected chi connectivity index (χ2v) is 7.65. The minimum Gasteiger partial charge on any atom is -0.337 e. The van der Waals surface area contributed by atoms with E-state index in [1.54, 1.807) is 24.3 Å². The molecule has 1 atom stereocenters. The van der Waals surface area contributed by atoms with Crippen molar-refractivity contribution in [2.75, 3.05) is 0 Å². The Morgan fingerprint density at radius 3 is 2.53 bits per heavy atom. The molecule has 0 bridgehead atoms. The standard InChI is InChI=1S/C22H21ClN4O3/c1-2-3-13-22(16-7-5-4-6-8-16)20(28)27(21(29)25-22)14-18-24-19(26-30-18)15-9-11-17(23)12-10-15/h4-12H,2-3,13-14H2,1H3,(H,25,29). The second kappa shape index (κ2) is 8.28. The molecule has 154 valence electrons. The third-order valence-electron chi connectivity index (χ3n) is 5.21. The van der Waals surface area contributed by atoms with E-state index in [2.05, 4.69) is 22.4 Å². The molecule has 1 saturated heterocycles. The molecular formula is C22H21ClN4O3. The highest BCUT2D eigenvalue weighted by Crippen LogP contribution is 2.34. The van der Waals surface area contributed by atoms with Crippen LogP contribution in [-0.2, 0) is 16.9 Å². The van der Waals surface area contributed by atoms with Crippen LogP contribution in [0, 0.1) is 0 Å². The number of urea groups is 1. The largest absolute Gasteiger partial charge is 0.337 e. The lowest BCUT2D eigenvalue weighted by molar-refractivity contribution is -0.132. The fourth-order valence-electron chi connectivity index (χ4n) is 3.61. The van der Waals surface area contributed by atoms with E-state index in [0.29, 0.717) is 17.3 Å². The summed E-state index contributed by atoms with van der Waals surface area (Å²) in [7, 11) is 0. The van der Waals surface area contributed by atoms with Gasteiger partial charge in [-0.1, -0.05) is 66.9 Å². The lowest BCUT2D eigenvalue weighted by atomic mass is 9.85. The van der Waals surface area contributed by atoms with E-state index in [4.69, 9.17) is 16.1 Å². The zero-order chi connectivity index (χ0) is 21.1. The normalized spacial score (nSPS) is 18.7. The van der Waals surface area contributed by atoms with Crippen LogP contribution in [0.15, 0.2) is 59.1 Å². The molecule has 3 amide bonds. The average Bonchev–Trinajstić information content (AvgIpc) is 3.32. The van der Waals surface area contributed by atoms with Gasteiger partial charge in [0.2, 0.25) is 11.7 Å². The average molecular weight is 425 g/mol. The van der Waals surface area contributed by atoms with Crippen LogP contribution in [0.25, 0.3) is 11.4 Å². The minimum atomic E-state index is -1.08. The predicted molar refractivity (Wildman–Crippen MR) is 111 cm³/mol. The number of carbonyl (C=O) groups is 2. The molecule has 30 heavy (non-hydrogen) atoms. The quantitative estimate of drug-likeness (QED) is 0.563. The summed E-state index contributed by atoms with van der Waals surface area (Å²) in [6, 6.07) is 15.9. The molecule has 1 aliphatic rings. The van der Waals surface area contributed by atoms with E-state index in [1.165, 1.54) is 0 Å². The van der Waals surface area contributed by atoms with Gasteiger partial charge in [0.15, 0.2) is 0 Å². The van der Waals surface area contributed by atoms with Crippen molar-refractivity contribution in [3.8, 4) is 11.4 Å². The van der Waals surface area contributed by atoms with Crippen LogP contribution < -0.4 is 5.32 Å². The molecule has 4 rings (SSSR count). The summed E-state index contributed by atoms with van der Waals surface area (Å²) >= 11 is 5.91. The van der Waals surface area contributed by atoms with Gasteiger partial charge in [0.1, 0.15) is 12.1 Å². The van der Waals surface area contributed by atoms with Crippen molar-refractivity contribution < 1.29 is 14.1 Å². The van der Waals surface area contributed by atoms with E-state index >= 15 is 0 Å². The number of carbonyl (C=O) groups excluding carboxylic acids is 2. The van der Waals surface area contributed by atoms with Gasteiger partial charge in [-0.25, -0.2) is 4.79 Å². The number of unbranched alkanes of at least 4 members (excludes halogenated alkanes) is 1. The Morgan fingerprint density at radius 1 is 1.10 bits per heavy atom. The number of amides is 3. The maximum Gasteiger partial charge on any atom is 0.325 e. The maximum atomic E-state index is 13.4. The zero-order valence-corrected chi connectivity index (χ0v) is 17.2. The van der Waals surface area contributed by atoms with Crippen LogP contribution in [0.1, 0.15) is 37.6 Å². The highest BCUT2D eigenvalue weighted by Gasteiger charge is 2.52. The Balaban J connectivity index is 1.59. The van der Waals surface area contributed by atoms with Crippen LogP contribution in [-0.4, -0.2) is 27.0 Å². The fraction of sp³-hybridized carbons (Fsp3) is 0.273. The number of nitrogens with one attached hydrogen (secondary N) is 1. The maximum absolute atomic E-state index is 13.4. The molecule has 1 unspecified atom stereocenters. The number of hydrogen-bond acceptors (Lipinski definition) is 5. The van der Waals surface area contributed by atoms with Gasteiger partial charge in [0.05, 0.1) is 0 Å². The summed E-state index contributed by atoms with van der Waals surface area (Å²) in [6.07, 6.45) is 2.23. The predicted octanol–water partition coefficient (Wildman–Crippen LogP) is 4.53. The summed E-state index contributed by atoms with van der Waals surface area (Å²) in [6.45, 7) is 1.96. The van der Waals surface area contributed by atoms with E-state index in [9.17, 15) is 9.59 Å². The molecule has 0 saturated carbocycles. The van der Waals surface area contributed by atoms with Crippen molar-refractivity contribution in [3.63, 3.8) is 0 Å². The molecule has 2 aromatic carbocycles. The third kappa shape index (κ3) is 3.68. The van der Waals surface area contributed by atoms with Gasteiger partial charge in [0.25, 0.3) is 5.91 Å². The van der Waals surface area contributed by atoms with Crippen LogP contribution in [0.3, 0.4) is 0 Å². The number of halogens is 1. The first-order chi connectivity index (χ1) is 14.5. The number of imide groups is 1. The Hall–Kier alpha value is -3.19. The number of nitrogens with zero attached hydrogens (tertiary/aromatic N) is 3. The molecule has 1 fully saturated rings. The summed E-state index contributed by atoms with van der Waals surface area (Å²) < 4.78 is 5.29. The van der Waals surface area contributed by atoms with Crippen molar-refractivity contribution in [2.45, 2.75) is 38.3 Å². The van der Waals surface area contributed by atoms with E-state index < -0.39 is 11.6 Å². The number of aromatic nitrogens is 2. The van der Waals surface area contributed by atoms with Crippen LogP contribution in [0.4, 0.5) is 4.79 Å². The molecule has 0 spiro atoms. The van der Waals surface area contributed by atoms with Crippen molar-refractivity contribution in [1.29, 1.82) is 0 Å². The molecule has 0 aliphatic carbocycles. The molecule has 7 nitrogen and oxygen atoms in total. The smallest absolute Gasteiger partial charge is 0.325 e. The molecule has 1 aliphatic heterocycles. The zero-order valence-electron chi connectivity index (χ0n) is 16.5. The van der Waals surface area contributed by atoms with Crippen molar-refractivity contribution in [1.82, 2.24) is 20.4 Å². The summed E-state index contributed by atoms with van der Waals surface area (Å²) in [4.78, 5) is 31.6. The SMILES string of the molecule is CCCCC1(c2ccccc2)NC(=O)N(Cc2nc(-c3ccc(Cl)cc3)no2)C1=O. The highest BCUT2D eigenvalue weighted by atomic mass is 35.5. The van der Waals surface area contributed by atoms with Gasteiger partial charge in [-0.3, -0.25) is 9.69 Å². The van der Waals surface area contributed by atoms with E-state index in [-0.39, 0.29) is 18.3 Å². The molecule has 2 heterocycles. The van der Waals surface area contributed by atoms with Crippen molar-refractivity contribution in [2.24, 2.45) is 0 Å². The lowest BCUT2D eigenvalue weighted by Crippen LogP contribution is -2.44. The Morgan fingerprint density at radius 2 is 1.83 bits per heavy atom. The summed E-state index contributed by atoms with van der Waals surface area (Å²) in [5.74, 6) is 0.246. The third-order valence-corrected chi connectivity index (χ3v) is 5.46.